The van der Waals surface area contributed by atoms with Crippen LogP contribution < -0.4 is 15.9 Å². The van der Waals surface area contributed by atoms with Crippen molar-refractivity contribution in [2.75, 3.05) is 39.1 Å². The molecule has 0 spiro atoms. The predicted octanol–water partition coefficient (Wildman–Crippen LogP) is 1.41. The Labute approximate surface area is 226 Å². The fourth-order valence-electron chi connectivity index (χ4n) is 4.17. The third-order valence-corrected chi connectivity index (χ3v) is 6.09. The first-order chi connectivity index (χ1) is 19.4. The van der Waals surface area contributed by atoms with Gasteiger partial charge < -0.3 is 15.2 Å². The summed E-state index contributed by atoms with van der Waals surface area (Å²) in [5.74, 6) is -0.134. The van der Waals surface area contributed by atoms with Gasteiger partial charge in [0, 0.05) is 42.9 Å². The molecule has 3 heterocycles. The zero-order valence-corrected chi connectivity index (χ0v) is 21.3. The van der Waals surface area contributed by atoms with Crippen molar-refractivity contribution in [3.63, 3.8) is 0 Å². The summed E-state index contributed by atoms with van der Waals surface area (Å²) < 4.78 is 16.7. The van der Waals surface area contributed by atoms with Crippen LogP contribution in [0.3, 0.4) is 0 Å². The van der Waals surface area contributed by atoms with Gasteiger partial charge in [0.05, 0.1) is 31.5 Å². The predicted molar refractivity (Wildman–Crippen MR) is 140 cm³/mol. The van der Waals surface area contributed by atoms with Crippen LogP contribution in [0.25, 0.3) is 17.1 Å². The Balaban J connectivity index is 1.40. The highest BCUT2D eigenvalue weighted by Crippen LogP contribution is 2.29. The van der Waals surface area contributed by atoms with Crippen LogP contribution in [0.15, 0.2) is 52.2 Å². The number of nitro benzene ring substituents is 1. The first-order valence-electron chi connectivity index (χ1n) is 12.0. The van der Waals surface area contributed by atoms with Gasteiger partial charge in [0.2, 0.25) is 11.6 Å². The van der Waals surface area contributed by atoms with Gasteiger partial charge >= 0.3 is 0 Å². The van der Waals surface area contributed by atoms with Crippen LogP contribution in [0.4, 0.5) is 11.5 Å². The van der Waals surface area contributed by atoms with Crippen molar-refractivity contribution in [3.8, 4) is 22.8 Å². The van der Waals surface area contributed by atoms with Crippen LogP contribution in [0, 0.1) is 10.1 Å². The minimum atomic E-state index is -0.721. The Morgan fingerprint density at radius 3 is 2.80 bits per heavy atom. The maximum absolute atomic E-state index is 13.1. The number of hydrazone groups is 1. The molecule has 0 radical (unpaired) electrons. The molecule has 4 aromatic rings. The van der Waals surface area contributed by atoms with E-state index in [4.69, 9.17) is 15.2 Å². The van der Waals surface area contributed by atoms with E-state index in [9.17, 15) is 14.9 Å². The number of carbonyl (C=O) groups is 1. The van der Waals surface area contributed by atoms with E-state index in [0.29, 0.717) is 19.8 Å². The summed E-state index contributed by atoms with van der Waals surface area (Å²) in [5.41, 5.74) is 9.90. The number of ether oxygens (including phenoxy) is 2. The Bertz CT molecular complexity index is 1560. The number of anilines is 1. The molecule has 1 fully saturated rings. The lowest BCUT2D eigenvalue weighted by Gasteiger charge is -2.27. The van der Waals surface area contributed by atoms with E-state index in [0.717, 1.165) is 34.6 Å². The highest BCUT2D eigenvalue weighted by Gasteiger charge is 2.26. The van der Waals surface area contributed by atoms with Crippen molar-refractivity contribution in [1.29, 1.82) is 0 Å². The number of rotatable bonds is 9. The molecule has 206 valence electrons. The third kappa shape index (κ3) is 5.62. The fraction of sp³-hybridized carbons (Fsp3) is 0.250. The van der Waals surface area contributed by atoms with Crippen LogP contribution in [0.5, 0.6) is 5.75 Å². The fourth-order valence-corrected chi connectivity index (χ4v) is 4.17. The minimum absolute atomic E-state index is 0.0393. The van der Waals surface area contributed by atoms with Gasteiger partial charge in [-0.2, -0.15) is 9.78 Å². The highest BCUT2D eigenvalue weighted by molar-refractivity contribution is 5.99. The van der Waals surface area contributed by atoms with E-state index in [1.807, 2.05) is 18.2 Å². The highest BCUT2D eigenvalue weighted by atomic mass is 16.6. The molecule has 3 N–H and O–H groups in total. The zero-order valence-electron chi connectivity index (χ0n) is 21.3. The van der Waals surface area contributed by atoms with Crippen molar-refractivity contribution in [1.82, 2.24) is 35.6 Å². The van der Waals surface area contributed by atoms with Gasteiger partial charge in [-0.25, -0.2) is 10.1 Å². The summed E-state index contributed by atoms with van der Waals surface area (Å²) in [7, 11) is 1.61. The molecule has 0 aliphatic carbocycles. The van der Waals surface area contributed by atoms with E-state index in [1.165, 1.54) is 24.4 Å². The second kappa shape index (κ2) is 11.7. The second-order valence-electron chi connectivity index (χ2n) is 8.64. The van der Waals surface area contributed by atoms with Gasteiger partial charge in [-0.15, -0.1) is 5.10 Å². The quantitative estimate of drug-likeness (QED) is 0.173. The summed E-state index contributed by atoms with van der Waals surface area (Å²) in [6.07, 6.45) is 1.48. The average molecular weight is 549 g/mol. The molecule has 1 aliphatic heterocycles. The summed E-state index contributed by atoms with van der Waals surface area (Å²) in [4.78, 5) is 26.2. The maximum Gasteiger partial charge on any atom is 0.294 e. The van der Waals surface area contributed by atoms with E-state index in [-0.39, 0.29) is 34.3 Å². The Morgan fingerprint density at radius 2 is 2.08 bits per heavy atom. The average Bonchev–Trinajstić information content (AvgIpc) is 3.60. The van der Waals surface area contributed by atoms with Gasteiger partial charge in [0.1, 0.15) is 11.4 Å². The van der Waals surface area contributed by atoms with Crippen molar-refractivity contribution < 1.29 is 23.8 Å². The standard InChI is InChI=1S/C24H24N10O6/c1-38-19-6-5-15(11-17(19)14-32-7-9-39-10-8-32)13-26-28-24(35)20-21(16-3-2-4-18(12-16)34(36)37)33(31-27-20)23-22(25)29-40-30-23/h2-6,11-13H,7-10,14H2,1H3,(H2,25,29)(H,28,35). The second-order valence-corrected chi connectivity index (χ2v) is 8.64. The van der Waals surface area contributed by atoms with Crippen LogP contribution in [0.2, 0.25) is 0 Å². The summed E-state index contributed by atoms with van der Waals surface area (Å²) in [6.45, 7) is 3.68. The maximum atomic E-state index is 13.1. The molecule has 0 bridgehead atoms. The minimum Gasteiger partial charge on any atom is -0.496 e. The molecule has 5 rings (SSSR count). The molecule has 1 aliphatic rings. The molecule has 16 heteroatoms. The molecule has 2 aromatic carbocycles. The molecular weight excluding hydrogens is 524 g/mol. The number of aromatic nitrogens is 5. The van der Waals surface area contributed by atoms with Crippen molar-refractivity contribution in [2.24, 2.45) is 5.10 Å². The number of hydrogen-bond donors (Lipinski definition) is 2. The molecule has 0 atom stereocenters. The number of carbonyl (C=O) groups excluding carboxylic acids is 1. The number of non-ortho nitro benzene ring substituents is 1. The number of morpholine rings is 1. The molecule has 2 aromatic heterocycles. The molecular formula is C24H24N10O6. The smallest absolute Gasteiger partial charge is 0.294 e. The number of nitro groups is 1. The van der Waals surface area contributed by atoms with Gasteiger partial charge in [0.25, 0.3) is 11.6 Å². The Morgan fingerprint density at radius 1 is 1.25 bits per heavy atom. The first kappa shape index (κ1) is 26.4. The van der Waals surface area contributed by atoms with Crippen molar-refractivity contribution >= 4 is 23.6 Å². The molecule has 0 saturated carbocycles. The number of nitrogens with zero attached hydrogens (tertiary/aromatic N) is 8. The molecule has 1 saturated heterocycles. The topological polar surface area (TPSA) is 202 Å². The Kier molecular flexibility index (Phi) is 7.70. The lowest BCUT2D eigenvalue weighted by atomic mass is 10.1. The number of nitrogens with two attached hydrogens (primary N) is 1. The van der Waals surface area contributed by atoms with Gasteiger partial charge in [-0.1, -0.05) is 17.3 Å². The van der Waals surface area contributed by atoms with E-state index in [1.54, 1.807) is 13.2 Å². The van der Waals surface area contributed by atoms with Gasteiger partial charge in [0.15, 0.2) is 5.69 Å². The summed E-state index contributed by atoms with van der Waals surface area (Å²) >= 11 is 0. The summed E-state index contributed by atoms with van der Waals surface area (Å²) in [5, 5.41) is 30.6. The number of amides is 1. The van der Waals surface area contributed by atoms with Crippen LogP contribution >= 0.6 is 0 Å². The normalized spacial score (nSPS) is 13.9. The molecule has 16 nitrogen and oxygen atoms in total. The monoisotopic (exact) mass is 548 g/mol. The van der Waals surface area contributed by atoms with E-state index in [2.05, 4.69) is 40.7 Å². The van der Waals surface area contributed by atoms with Crippen LogP contribution in [-0.4, -0.2) is 80.7 Å². The largest absolute Gasteiger partial charge is 0.496 e. The lowest BCUT2D eigenvalue weighted by Crippen LogP contribution is -2.35. The van der Waals surface area contributed by atoms with Gasteiger partial charge in [-0.3, -0.25) is 19.8 Å². The SMILES string of the molecule is COc1ccc(C=NNC(=O)c2nnn(-c3nonc3N)c2-c2cccc([N+](=O)[O-])c2)cc1CN1CCOCC1. The van der Waals surface area contributed by atoms with Gasteiger partial charge in [-0.05, 0) is 34.1 Å². The Hall–Kier alpha value is -5.22. The molecule has 0 unspecified atom stereocenters. The summed E-state index contributed by atoms with van der Waals surface area (Å²) in [6, 6.07) is 11.2. The van der Waals surface area contributed by atoms with Crippen LogP contribution in [0.1, 0.15) is 21.6 Å². The number of nitrogens with one attached hydrogen (secondary N) is 1. The first-order valence-corrected chi connectivity index (χ1v) is 12.0. The van der Waals surface area contributed by atoms with Crippen LogP contribution in [-0.2, 0) is 11.3 Å². The number of nitrogen functional groups attached to an aromatic ring is 1. The molecule has 1 amide bonds. The van der Waals surface area contributed by atoms with Crippen molar-refractivity contribution in [3.05, 3.63) is 69.4 Å². The molecule has 40 heavy (non-hydrogen) atoms. The lowest BCUT2D eigenvalue weighted by molar-refractivity contribution is -0.384. The number of benzene rings is 2. The van der Waals surface area contributed by atoms with Crippen molar-refractivity contribution in [2.45, 2.75) is 6.54 Å². The zero-order chi connectivity index (χ0) is 28.1. The third-order valence-electron chi connectivity index (χ3n) is 6.09. The number of methoxy groups -OCH3 is 1. The number of hydrogen-bond acceptors (Lipinski definition) is 13. The van der Waals surface area contributed by atoms with E-state index < -0.39 is 10.8 Å². The van der Waals surface area contributed by atoms with E-state index >= 15 is 0 Å².